The molecule has 5 heteroatoms. The summed E-state index contributed by atoms with van der Waals surface area (Å²) in [6, 6.07) is 8.99. The van der Waals surface area contributed by atoms with Crippen LogP contribution in [0.2, 0.25) is 0 Å². The lowest BCUT2D eigenvalue weighted by molar-refractivity contribution is -0.147. The van der Waals surface area contributed by atoms with Crippen LogP contribution in [0.4, 0.5) is 13.2 Å². The number of likely N-dealkylation sites (N-methyl/N-ethyl adjacent to an activating group) is 2. The molecule has 1 atom stereocenters. The van der Waals surface area contributed by atoms with Gasteiger partial charge in [-0.15, -0.1) is 0 Å². The lowest BCUT2D eigenvalue weighted by Crippen LogP contribution is -2.38. The van der Waals surface area contributed by atoms with Gasteiger partial charge < -0.3 is 5.32 Å². The van der Waals surface area contributed by atoms with Crippen molar-refractivity contribution in [3.05, 3.63) is 35.9 Å². The number of hydrogen-bond acceptors (Lipinski definition) is 2. The average molecular weight is 260 g/mol. The van der Waals surface area contributed by atoms with Crippen LogP contribution in [-0.4, -0.2) is 37.8 Å². The Morgan fingerprint density at radius 1 is 1.22 bits per heavy atom. The van der Waals surface area contributed by atoms with E-state index in [1.54, 1.807) is 0 Å². The summed E-state index contributed by atoms with van der Waals surface area (Å²) in [5.41, 5.74) is 0.894. The van der Waals surface area contributed by atoms with Crippen LogP contribution in [0.3, 0.4) is 0 Å². The quantitative estimate of drug-likeness (QED) is 0.846. The van der Waals surface area contributed by atoms with E-state index < -0.39 is 12.7 Å². The molecule has 1 unspecified atom stereocenters. The smallest absolute Gasteiger partial charge is 0.315 e. The van der Waals surface area contributed by atoms with Crippen molar-refractivity contribution in [3.63, 3.8) is 0 Å². The molecule has 0 fully saturated rings. The Labute approximate surface area is 106 Å². The van der Waals surface area contributed by atoms with Crippen molar-refractivity contribution in [2.24, 2.45) is 0 Å². The SMILES string of the molecule is CCNCC(c1ccccc1)N(C)CC(F)(F)F. The third-order valence-corrected chi connectivity index (χ3v) is 2.73. The van der Waals surface area contributed by atoms with E-state index in [2.05, 4.69) is 5.32 Å². The zero-order chi connectivity index (χ0) is 13.6. The molecule has 0 aromatic heterocycles. The second-order valence-electron chi connectivity index (χ2n) is 4.26. The number of rotatable bonds is 6. The van der Waals surface area contributed by atoms with Gasteiger partial charge in [-0.1, -0.05) is 37.3 Å². The van der Waals surface area contributed by atoms with Crippen LogP contribution in [0.15, 0.2) is 30.3 Å². The molecule has 102 valence electrons. The first-order valence-corrected chi connectivity index (χ1v) is 5.96. The summed E-state index contributed by atoms with van der Waals surface area (Å²) in [5, 5.41) is 3.10. The van der Waals surface area contributed by atoms with Crippen molar-refractivity contribution >= 4 is 0 Å². The van der Waals surface area contributed by atoms with Crippen LogP contribution >= 0.6 is 0 Å². The van der Waals surface area contributed by atoms with Gasteiger partial charge in [-0.3, -0.25) is 4.90 Å². The van der Waals surface area contributed by atoms with Crippen LogP contribution in [0.1, 0.15) is 18.5 Å². The fourth-order valence-electron chi connectivity index (χ4n) is 1.88. The topological polar surface area (TPSA) is 15.3 Å². The maximum absolute atomic E-state index is 12.4. The third-order valence-electron chi connectivity index (χ3n) is 2.73. The molecule has 1 aromatic rings. The van der Waals surface area contributed by atoms with Crippen molar-refractivity contribution in [3.8, 4) is 0 Å². The van der Waals surface area contributed by atoms with Crippen LogP contribution in [0.25, 0.3) is 0 Å². The van der Waals surface area contributed by atoms with Gasteiger partial charge in [-0.25, -0.2) is 0 Å². The van der Waals surface area contributed by atoms with E-state index in [9.17, 15) is 13.2 Å². The molecule has 0 amide bonds. The highest BCUT2D eigenvalue weighted by Gasteiger charge is 2.32. The van der Waals surface area contributed by atoms with Crippen LogP contribution in [0, 0.1) is 0 Å². The molecule has 0 saturated carbocycles. The Morgan fingerprint density at radius 3 is 2.33 bits per heavy atom. The van der Waals surface area contributed by atoms with E-state index in [1.165, 1.54) is 11.9 Å². The molecule has 1 rings (SSSR count). The summed E-state index contributed by atoms with van der Waals surface area (Å²) >= 11 is 0. The maximum Gasteiger partial charge on any atom is 0.401 e. The molecule has 0 aliphatic carbocycles. The largest absolute Gasteiger partial charge is 0.401 e. The van der Waals surface area contributed by atoms with E-state index in [1.807, 2.05) is 37.3 Å². The van der Waals surface area contributed by atoms with Crippen molar-refractivity contribution in [2.45, 2.75) is 19.1 Å². The highest BCUT2D eigenvalue weighted by Crippen LogP contribution is 2.23. The zero-order valence-electron chi connectivity index (χ0n) is 10.7. The second-order valence-corrected chi connectivity index (χ2v) is 4.26. The van der Waals surface area contributed by atoms with Gasteiger partial charge in [0.2, 0.25) is 0 Å². The monoisotopic (exact) mass is 260 g/mol. The van der Waals surface area contributed by atoms with Crippen LogP contribution in [0.5, 0.6) is 0 Å². The number of benzene rings is 1. The van der Waals surface area contributed by atoms with Gasteiger partial charge in [0.15, 0.2) is 0 Å². The fourth-order valence-corrected chi connectivity index (χ4v) is 1.88. The highest BCUT2D eigenvalue weighted by atomic mass is 19.4. The predicted octanol–water partition coefficient (Wildman–Crippen LogP) is 2.83. The van der Waals surface area contributed by atoms with Gasteiger partial charge in [-0.05, 0) is 19.2 Å². The molecule has 0 saturated heterocycles. The number of nitrogens with one attached hydrogen (secondary N) is 1. The first kappa shape index (κ1) is 15.0. The highest BCUT2D eigenvalue weighted by molar-refractivity contribution is 5.19. The molecule has 0 bridgehead atoms. The predicted molar refractivity (Wildman–Crippen MR) is 66.4 cm³/mol. The van der Waals surface area contributed by atoms with E-state index >= 15 is 0 Å². The number of hydrogen-bond donors (Lipinski definition) is 1. The summed E-state index contributed by atoms with van der Waals surface area (Å²) in [4.78, 5) is 1.33. The lowest BCUT2D eigenvalue weighted by Gasteiger charge is -2.29. The van der Waals surface area contributed by atoms with Crippen molar-refractivity contribution in [2.75, 3.05) is 26.7 Å². The van der Waals surface area contributed by atoms with E-state index in [-0.39, 0.29) is 6.04 Å². The van der Waals surface area contributed by atoms with Crippen LogP contribution < -0.4 is 5.32 Å². The van der Waals surface area contributed by atoms with Crippen molar-refractivity contribution < 1.29 is 13.2 Å². The summed E-state index contributed by atoms with van der Waals surface area (Å²) in [6.45, 7) is 2.28. The Kier molecular flexibility index (Phi) is 5.62. The molecular weight excluding hydrogens is 241 g/mol. The minimum atomic E-state index is -4.17. The molecule has 0 radical (unpaired) electrons. The molecule has 2 nitrogen and oxygen atoms in total. The normalized spacial score (nSPS) is 13.9. The van der Waals surface area contributed by atoms with Gasteiger partial charge in [0.25, 0.3) is 0 Å². The van der Waals surface area contributed by atoms with E-state index in [4.69, 9.17) is 0 Å². The van der Waals surface area contributed by atoms with Gasteiger partial charge in [0.1, 0.15) is 0 Å². The van der Waals surface area contributed by atoms with Gasteiger partial charge in [0.05, 0.1) is 6.54 Å². The summed E-state index contributed by atoms with van der Waals surface area (Å²) in [5.74, 6) is 0. The Balaban J connectivity index is 2.78. The lowest BCUT2D eigenvalue weighted by atomic mass is 10.1. The van der Waals surface area contributed by atoms with Gasteiger partial charge >= 0.3 is 6.18 Å². The summed E-state index contributed by atoms with van der Waals surface area (Å²) in [6.07, 6.45) is -4.17. The number of nitrogens with zero attached hydrogens (tertiary/aromatic N) is 1. The van der Waals surface area contributed by atoms with Crippen molar-refractivity contribution in [1.29, 1.82) is 0 Å². The molecule has 18 heavy (non-hydrogen) atoms. The zero-order valence-corrected chi connectivity index (χ0v) is 10.7. The Hall–Kier alpha value is -1.07. The van der Waals surface area contributed by atoms with Gasteiger partial charge in [-0.2, -0.15) is 13.2 Å². The molecule has 1 aromatic carbocycles. The number of halogens is 3. The van der Waals surface area contributed by atoms with Crippen molar-refractivity contribution in [1.82, 2.24) is 10.2 Å². The summed E-state index contributed by atoms with van der Waals surface area (Å²) < 4.78 is 37.3. The second kappa shape index (κ2) is 6.75. The number of alkyl halides is 3. The first-order chi connectivity index (χ1) is 8.44. The Morgan fingerprint density at radius 2 is 1.83 bits per heavy atom. The molecule has 0 spiro atoms. The average Bonchev–Trinajstić information content (AvgIpc) is 2.28. The minimum Gasteiger partial charge on any atom is -0.315 e. The van der Waals surface area contributed by atoms with Crippen LogP contribution in [-0.2, 0) is 0 Å². The standard InChI is InChI=1S/C13H19F3N2/c1-3-17-9-12(11-7-5-4-6-8-11)18(2)10-13(14,15)16/h4-8,12,17H,3,9-10H2,1-2H3. The fraction of sp³-hybridized carbons (Fsp3) is 0.538. The minimum absolute atomic E-state index is 0.271. The molecule has 1 N–H and O–H groups in total. The first-order valence-electron chi connectivity index (χ1n) is 5.96. The molecular formula is C13H19F3N2. The Bertz CT molecular complexity index is 338. The van der Waals surface area contributed by atoms with E-state index in [0.717, 1.165) is 12.1 Å². The third kappa shape index (κ3) is 5.06. The molecule has 0 aliphatic heterocycles. The summed E-state index contributed by atoms with van der Waals surface area (Å²) in [7, 11) is 1.50. The van der Waals surface area contributed by atoms with Gasteiger partial charge in [0, 0.05) is 12.6 Å². The molecule has 0 aliphatic rings. The molecule has 0 heterocycles. The maximum atomic E-state index is 12.4. The van der Waals surface area contributed by atoms with E-state index in [0.29, 0.717) is 6.54 Å².